The van der Waals surface area contributed by atoms with E-state index >= 15 is 0 Å². The lowest BCUT2D eigenvalue weighted by Crippen LogP contribution is -2.22. The molecule has 3 heterocycles. The molecule has 0 aliphatic rings. The largest absolute Gasteiger partial charge is 0.345 e. The molecule has 0 bridgehead atoms. The lowest BCUT2D eigenvalue weighted by atomic mass is 10.2. The zero-order valence-corrected chi connectivity index (χ0v) is 13.3. The van der Waals surface area contributed by atoms with Crippen molar-refractivity contribution in [2.75, 3.05) is 14.1 Å². The summed E-state index contributed by atoms with van der Waals surface area (Å²) < 4.78 is 6.78. The zero-order valence-electron chi connectivity index (χ0n) is 13.3. The van der Waals surface area contributed by atoms with Gasteiger partial charge in [0.25, 0.3) is 11.8 Å². The van der Waals surface area contributed by atoms with E-state index < -0.39 is 0 Å². The maximum absolute atomic E-state index is 12.1. The zero-order chi connectivity index (χ0) is 16.6. The monoisotopic (exact) mass is 312 g/mol. The second-order valence-electron chi connectivity index (χ2n) is 5.30. The van der Waals surface area contributed by atoms with Gasteiger partial charge in [0.05, 0.1) is 17.5 Å². The summed E-state index contributed by atoms with van der Waals surface area (Å²) in [7, 11) is 3.41. The van der Waals surface area contributed by atoms with Gasteiger partial charge in [-0.05, 0) is 26.0 Å². The van der Waals surface area contributed by atoms with Crippen LogP contribution < -0.4 is 0 Å². The number of pyridine rings is 1. The van der Waals surface area contributed by atoms with Crippen LogP contribution in [0, 0.1) is 13.8 Å². The molecule has 0 fully saturated rings. The van der Waals surface area contributed by atoms with Crippen LogP contribution in [0.15, 0.2) is 29.0 Å². The lowest BCUT2D eigenvalue weighted by molar-refractivity contribution is 0.0827. The highest BCUT2D eigenvalue weighted by molar-refractivity contribution is 5.94. The Morgan fingerprint density at radius 3 is 2.74 bits per heavy atom. The highest BCUT2D eigenvalue weighted by Gasteiger charge is 2.17. The summed E-state index contributed by atoms with van der Waals surface area (Å²) in [5, 5.41) is 8.05. The molecule has 0 aliphatic carbocycles. The Morgan fingerprint density at radius 2 is 2.09 bits per heavy atom. The molecule has 0 N–H and O–H groups in total. The second kappa shape index (κ2) is 5.64. The van der Waals surface area contributed by atoms with Crippen LogP contribution in [0.25, 0.3) is 17.3 Å². The van der Waals surface area contributed by atoms with Gasteiger partial charge >= 0.3 is 0 Å². The highest BCUT2D eigenvalue weighted by atomic mass is 16.5. The highest BCUT2D eigenvalue weighted by Crippen LogP contribution is 2.20. The third-order valence-electron chi connectivity index (χ3n) is 3.38. The fraction of sp³-hybridized carbons (Fsp3) is 0.267. The fourth-order valence-corrected chi connectivity index (χ4v) is 2.17. The van der Waals surface area contributed by atoms with E-state index in [1.165, 1.54) is 4.90 Å². The Balaban J connectivity index is 2.02. The number of carbonyl (C=O) groups is 1. The summed E-state index contributed by atoms with van der Waals surface area (Å²) in [5.74, 6) is 1.46. The molecule has 0 spiro atoms. The number of aromatic nitrogens is 5. The van der Waals surface area contributed by atoms with E-state index in [0.717, 1.165) is 11.3 Å². The lowest BCUT2D eigenvalue weighted by Gasteiger charge is -2.10. The smallest absolute Gasteiger partial charge is 0.258 e. The molecule has 118 valence electrons. The Bertz CT molecular complexity index is 864. The van der Waals surface area contributed by atoms with Crippen LogP contribution in [0.2, 0.25) is 0 Å². The first-order valence-corrected chi connectivity index (χ1v) is 7.00. The van der Waals surface area contributed by atoms with Crippen molar-refractivity contribution in [1.29, 1.82) is 0 Å². The maximum Gasteiger partial charge on any atom is 0.258 e. The summed E-state index contributed by atoms with van der Waals surface area (Å²) in [6.07, 6.45) is 3.18. The number of carbonyl (C=O) groups excluding carboxylic acids is 1. The molecule has 23 heavy (non-hydrogen) atoms. The van der Waals surface area contributed by atoms with Crippen molar-refractivity contribution in [2.45, 2.75) is 13.8 Å². The predicted molar refractivity (Wildman–Crippen MR) is 82.1 cm³/mol. The van der Waals surface area contributed by atoms with Crippen LogP contribution in [-0.2, 0) is 0 Å². The van der Waals surface area contributed by atoms with E-state index in [1.54, 1.807) is 50.2 Å². The minimum absolute atomic E-state index is 0.0996. The molecule has 0 atom stereocenters. The fourth-order valence-electron chi connectivity index (χ4n) is 2.17. The van der Waals surface area contributed by atoms with Gasteiger partial charge in [-0.15, -0.1) is 0 Å². The molecule has 0 saturated carbocycles. The third kappa shape index (κ3) is 2.70. The van der Waals surface area contributed by atoms with Crippen LogP contribution in [0.3, 0.4) is 0 Å². The summed E-state index contributed by atoms with van der Waals surface area (Å²) >= 11 is 0. The molecule has 0 aromatic carbocycles. The Morgan fingerprint density at radius 1 is 1.30 bits per heavy atom. The van der Waals surface area contributed by atoms with Gasteiger partial charge in [0.1, 0.15) is 0 Å². The summed E-state index contributed by atoms with van der Waals surface area (Å²) in [6, 6.07) is 3.57. The molecule has 0 radical (unpaired) electrons. The standard InChI is InChI=1S/C15H16N6O2/c1-9-12(15(22)20(3)4)8-17-21(9)13-7-11(5-6-16-13)14-18-10(2)19-23-14/h5-8H,1-4H3. The van der Waals surface area contributed by atoms with Crippen LogP contribution >= 0.6 is 0 Å². The molecule has 0 unspecified atom stereocenters. The third-order valence-corrected chi connectivity index (χ3v) is 3.38. The SMILES string of the molecule is Cc1noc(-c2ccnc(-n3ncc(C(=O)N(C)C)c3C)c2)n1. The number of hydrogen-bond acceptors (Lipinski definition) is 6. The topological polar surface area (TPSA) is 89.9 Å². The van der Waals surface area contributed by atoms with E-state index in [4.69, 9.17) is 4.52 Å². The summed E-state index contributed by atoms with van der Waals surface area (Å²) in [4.78, 5) is 22.1. The van der Waals surface area contributed by atoms with Gasteiger partial charge in [0.15, 0.2) is 11.6 Å². The van der Waals surface area contributed by atoms with Crippen LogP contribution in [-0.4, -0.2) is 49.8 Å². The molecule has 3 rings (SSSR count). The molecular weight excluding hydrogens is 296 g/mol. The van der Waals surface area contributed by atoms with E-state index in [1.807, 2.05) is 6.92 Å². The molecule has 1 amide bonds. The Labute approximate surface area is 132 Å². The predicted octanol–water partition coefficient (Wildman–Crippen LogP) is 1.64. The van der Waals surface area contributed by atoms with Crippen LogP contribution in [0.5, 0.6) is 0 Å². The van der Waals surface area contributed by atoms with Gasteiger partial charge in [-0.3, -0.25) is 4.79 Å². The normalized spacial score (nSPS) is 10.8. The molecule has 3 aromatic heterocycles. The van der Waals surface area contributed by atoms with Crippen LogP contribution in [0.4, 0.5) is 0 Å². The average molecular weight is 312 g/mol. The minimum atomic E-state index is -0.0996. The molecule has 3 aromatic rings. The molecule has 0 aliphatic heterocycles. The molecule has 8 heteroatoms. The number of aryl methyl sites for hydroxylation is 1. The van der Waals surface area contributed by atoms with Gasteiger partial charge in [0, 0.05) is 25.9 Å². The molecular formula is C15H16N6O2. The number of rotatable bonds is 3. The van der Waals surface area contributed by atoms with Gasteiger partial charge in [-0.1, -0.05) is 5.16 Å². The van der Waals surface area contributed by atoms with Gasteiger partial charge in [0.2, 0.25) is 0 Å². The number of nitrogens with zero attached hydrogens (tertiary/aromatic N) is 6. The van der Waals surface area contributed by atoms with E-state index in [0.29, 0.717) is 23.1 Å². The van der Waals surface area contributed by atoms with Gasteiger partial charge < -0.3 is 9.42 Å². The Hall–Kier alpha value is -3.03. The van der Waals surface area contributed by atoms with Gasteiger partial charge in [-0.25, -0.2) is 9.67 Å². The number of amides is 1. The van der Waals surface area contributed by atoms with Crippen molar-refractivity contribution >= 4 is 5.91 Å². The second-order valence-corrected chi connectivity index (χ2v) is 5.30. The number of hydrogen-bond donors (Lipinski definition) is 0. The summed E-state index contributed by atoms with van der Waals surface area (Å²) in [5.41, 5.74) is 2.00. The first-order chi connectivity index (χ1) is 11.0. The Kier molecular flexibility index (Phi) is 3.65. The van der Waals surface area contributed by atoms with E-state index in [-0.39, 0.29) is 5.91 Å². The van der Waals surface area contributed by atoms with Crippen molar-refractivity contribution < 1.29 is 9.32 Å². The quantitative estimate of drug-likeness (QED) is 0.730. The minimum Gasteiger partial charge on any atom is -0.345 e. The van der Waals surface area contributed by atoms with Crippen molar-refractivity contribution in [3.8, 4) is 17.3 Å². The van der Waals surface area contributed by atoms with Crippen LogP contribution in [0.1, 0.15) is 21.9 Å². The first kappa shape index (κ1) is 14.9. The van der Waals surface area contributed by atoms with Crippen molar-refractivity contribution in [3.05, 3.63) is 41.6 Å². The van der Waals surface area contributed by atoms with Crippen molar-refractivity contribution in [3.63, 3.8) is 0 Å². The van der Waals surface area contributed by atoms with E-state index in [2.05, 4.69) is 20.2 Å². The summed E-state index contributed by atoms with van der Waals surface area (Å²) in [6.45, 7) is 3.58. The first-order valence-electron chi connectivity index (χ1n) is 7.00. The van der Waals surface area contributed by atoms with Crippen molar-refractivity contribution in [2.24, 2.45) is 0 Å². The average Bonchev–Trinajstić information content (AvgIpc) is 3.13. The van der Waals surface area contributed by atoms with Crippen molar-refractivity contribution in [1.82, 2.24) is 29.8 Å². The molecule has 8 nitrogen and oxygen atoms in total. The van der Waals surface area contributed by atoms with E-state index in [9.17, 15) is 4.79 Å². The van der Waals surface area contributed by atoms with Gasteiger partial charge in [-0.2, -0.15) is 10.1 Å². The molecule has 0 saturated heterocycles. The maximum atomic E-state index is 12.1.